The predicted molar refractivity (Wildman–Crippen MR) is 229 cm³/mol. The molecule has 0 atom stereocenters. The van der Waals surface area contributed by atoms with Gasteiger partial charge in [-0.3, -0.25) is 10.00 Å². The number of H-pyrrole nitrogens is 1. The molecule has 364 valence electrons. The number of amides is 1. The Labute approximate surface area is 382 Å². The van der Waals surface area contributed by atoms with E-state index >= 15 is 0 Å². The summed E-state index contributed by atoms with van der Waals surface area (Å²) in [5.41, 5.74) is 0.795. The summed E-state index contributed by atoms with van der Waals surface area (Å²) in [5, 5.41) is 14.5. The zero-order valence-electron chi connectivity index (χ0n) is 36.7. The lowest BCUT2D eigenvalue weighted by Gasteiger charge is -2.34. The van der Waals surface area contributed by atoms with Gasteiger partial charge in [-0.15, -0.1) is 10.2 Å². The molecular formula is C40H50F10N12O2S2. The minimum absolute atomic E-state index is 0.00879. The van der Waals surface area contributed by atoms with Gasteiger partial charge < -0.3 is 19.9 Å². The van der Waals surface area contributed by atoms with Gasteiger partial charge in [-0.25, -0.2) is 47.0 Å². The number of carbonyl (C=O) groups is 1. The van der Waals surface area contributed by atoms with Crippen LogP contribution in [-0.4, -0.2) is 115 Å². The van der Waals surface area contributed by atoms with Gasteiger partial charge in [0.2, 0.25) is 10.3 Å². The van der Waals surface area contributed by atoms with Crippen molar-refractivity contribution in [3.63, 3.8) is 0 Å². The third-order valence-electron chi connectivity index (χ3n) is 10.1. The molecule has 7 rings (SSSR count). The number of aryl methyl sites for hydroxylation is 2. The lowest BCUT2D eigenvalue weighted by atomic mass is 10.1. The number of alkyl halides is 10. The van der Waals surface area contributed by atoms with Crippen LogP contribution in [0.4, 0.5) is 71.7 Å². The largest absolute Gasteiger partial charge is 0.443 e. The summed E-state index contributed by atoms with van der Waals surface area (Å²) in [4.78, 5) is 33.7. The molecule has 0 unspecified atom stereocenters. The molecule has 3 aliphatic rings. The Kier molecular flexibility index (Phi) is 15.5. The summed E-state index contributed by atoms with van der Waals surface area (Å²) in [6.45, 7) is 5.66. The van der Waals surface area contributed by atoms with Crippen LogP contribution in [0.3, 0.4) is 0 Å². The molecule has 14 nitrogen and oxygen atoms in total. The van der Waals surface area contributed by atoms with Gasteiger partial charge in [0, 0.05) is 86.9 Å². The minimum Gasteiger partial charge on any atom is -0.443 e. The van der Waals surface area contributed by atoms with Gasteiger partial charge >= 0.3 is 18.4 Å². The van der Waals surface area contributed by atoms with Crippen molar-refractivity contribution in [1.29, 1.82) is 0 Å². The minimum atomic E-state index is -4.73. The third-order valence-corrected chi connectivity index (χ3v) is 11.8. The van der Waals surface area contributed by atoms with Crippen LogP contribution >= 0.6 is 23.5 Å². The zero-order valence-corrected chi connectivity index (χ0v) is 38.3. The number of nitrogens with one attached hydrogen (secondary N) is 2. The first kappa shape index (κ1) is 50.7. The Hall–Kier alpha value is -4.75. The second-order valence-electron chi connectivity index (χ2n) is 17.1. The number of hydrogen-bond acceptors (Lipinski definition) is 13. The van der Waals surface area contributed by atoms with Crippen LogP contribution in [0.1, 0.15) is 88.4 Å². The maximum atomic E-state index is 13.7. The number of halogens is 10. The van der Waals surface area contributed by atoms with E-state index in [-0.39, 0.29) is 69.3 Å². The highest BCUT2D eigenvalue weighted by atomic mass is 32.2. The lowest BCUT2D eigenvalue weighted by Crippen LogP contribution is -2.43. The lowest BCUT2D eigenvalue weighted by molar-refractivity contribution is -0.120. The molecule has 0 bridgehead atoms. The molecule has 1 saturated carbocycles. The van der Waals surface area contributed by atoms with Crippen molar-refractivity contribution >= 4 is 52.6 Å². The summed E-state index contributed by atoms with van der Waals surface area (Å²) >= 11 is 2.54. The maximum absolute atomic E-state index is 13.7. The Morgan fingerprint density at radius 2 is 1.33 bits per heavy atom. The van der Waals surface area contributed by atoms with Gasteiger partial charge in [-0.1, -0.05) is 23.5 Å². The highest BCUT2D eigenvalue weighted by Gasteiger charge is 2.39. The molecule has 2 aliphatic heterocycles. The number of nitrogens with zero attached hydrogens (tertiary/aromatic N) is 10. The monoisotopic (exact) mass is 984 g/mol. The third kappa shape index (κ3) is 15.7. The first-order chi connectivity index (χ1) is 30.7. The molecule has 1 aliphatic carbocycles. The topological polar surface area (TPSA) is 146 Å². The van der Waals surface area contributed by atoms with Crippen LogP contribution < -0.4 is 20.0 Å². The van der Waals surface area contributed by atoms with Crippen LogP contribution in [0.15, 0.2) is 34.6 Å². The summed E-state index contributed by atoms with van der Waals surface area (Å²) in [7, 11) is 0. The first-order valence-corrected chi connectivity index (χ1v) is 22.9. The van der Waals surface area contributed by atoms with Crippen LogP contribution in [0.2, 0.25) is 0 Å². The number of hydrogen-bond donors (Lipinski definition) is 2. The standard InChI is InChI=1S/C21H27F5N6O2S.C19H23F5N6S/c1-13-27-17(30-29-13)35-11-14-9-15(31-7-5-20(22,23)6-8-31)10-16(28-14)32(12-21(24,25)26)18(33)34-19(2,3)4;1-12-26-17(28-30(12)14-2-3-14)31-10-13-8-15(29-6-4-18(20,21)5-7-29)9-16(27-13)25-11-19(22,23)24/h9-10H,5-8,11-12H2,1-4H3,(H,27,29,30);8-9,14H,2-7,10-11H2,1H3,(H,25,27). The van der Waals surface area contributed by atoms with E-state index in [4.69, 9.17) is 4.74 Å². The zero-order chi connectivity index (χ0) is 48.2. The average Bonchev–Trinajstić information content (AvgIpc) is 3.86. The highest BCUT2D eigenvalue weighted by molar-refractivity contribution is 7.98. The number of anilines is 4. The fourth-order valence-electron chi connectivity index (χ4n) is 6.75. The molecule has 6 heterocycles. The number of rotatable bonds is 13. The molecule has 0 aromatic carbocycles. The fourth-order valence-corrected chi connectivity index (χ4v) is 8.25. The van der Waals surface area contributed by atoms with E-state index in [0.29, 0.717) is 55.6 Å². The van der Waals surface area contributed by atoms with E-state index in [1.54, 1.807) is 28.9 Å². The van der Waals surface area contributed by atoms with Gasteiger partial charge in [-0.05, 0) is 59.6 Å². The van der Waals surface area contributed by atoms with Gasteiger partial charge in [0.05, 0.1) is 17.4 Å². The van der Waals surface area contributed by atoms with E-state index < -0.39 is 49.0 Å². The van der Waals surface area contributed by atoms with Crippen LogP contribution in [0.25, 0.3) is 0 Å². The molecule has 3 fully saturated rings. The Balaban J connectivity index is 0.000000220. The van der Waals surface area contributed by atoms with Crippen molar-refractivity contribution in [2.45, 2.75) is 131 Å². The Bertz CT molecular complexity index is 2260. The molecule has 4 aromatic heterocycles. The molecule has 2 N–H and O–H groups in total. The van der Waals surface area contributed by atoms with Crippen molar-refractivity contribution in [3.05, 3.63) is 47.3 Å². The number of carbonyl (C=O) groups excluding carboxylic acids is 1. The van der Waals surface area contributed by atoms with Crippen LogP contribution in [-0.2, 0) is 16.2 Å². The molecule has 4 aromatic rings. The van der Waals surface area contributed by atoms with Gasteiger partial charge in [0.25, 0.3) is 11.8 Å². The number of thioether (sulfide) groups is 2. The number of pyridine rings is 2. The molecular weight excluding hydrogens is 935 g/mol. The van der Waals surface area contributed by atoms with Gasteiger partial charge in [0.1, 0.15) is 42.0 Å². The average molecular weight is 985 g/mol. The van der Waals surface area contributed by atoms with Gasteiger partial charge in [0.15, 0.2) is 0 Å². The van der Waals surface area contributed by atoms with Crippen molar-refractivity contribution < 1.29 is 53.4 Å². The molecule has 1 amide bonds. The Morgan fingerprint density at radius 1 is 0.788 bits per heavy atom. The van der Waals surface area contributed by atoms with E-state index in [0.717, 1.165) is 18.7 Å². The number of ether oxygens (including phenoxy) is 1. The maximum Gasteiger partial charge on any atom is 0.416 e. The molecule has 0 spiro atoms. The van der Waals surface area contributed by atoms with Crippen LogP contribution in [0.5, 0.6) is 0 Å². The summed E-state index contributed by atoms with van der Waals surface area (Å²) in [5.74, 6) is -3.78. The summed E-state index contributed by atoms with van der Waals surface area (Å²) in [6.07, 6.45) is -9.51. The number of piperidine rings is 2. The normalized spacial score (nSPS) is 17.6. The summed E-state index contributed by atoms with van der Waals surface area (Å²) < 4.78 is 140. The van der Waals surface area contributed by atoms with Crippen molar-refractivity contribution in [1.82, 2.24) is 39.9 Å². The molecule has 26 heteroatoms. The predicted octanol–water partition coefficient (Wildman–Crippen LogP) is 10.2. The van der Waals surface area contributed by atoms with Gasteiger partial charge in [-0.2, -0.15) is 26.3 Å². The number of aromatic amines is 1. The molecule has 0 radical (unpaired) electrons. The second kappa shape index (κ2) is 20.2. The summed E-state index contributed by atoms with van der Waals surface area (Å²) in [6, 6.07) is 6.52. The van der Waals surface area contributed by atoms with E-state index in [9.17, 15) is 48.7 Å². The highest BCUT2D eigenvalue weighted by Crippen LogP contribution is 2.37. The van der Waals surface area contributed by atoms with Crippen LogP contribution in [0, 0.1) is 13.8 Å². The van der Waals surface area contributed by atoms with Crippen molar-refractivity contribution in [2.75, 3.05) is 59.3 Å². The number of aromatic nitrogens is 8. The Morgan fingerprint density at radius 3 is 1.83 bits per heavy atom. The van der Waals surface area contributed by atoms with E-state index in [1.165, 1.54) is 56.4 Å². The molecule has 66 heavy (non-hydrogen) atoms. The SMILES string of the molecule is Cc1nc(SCc2cc(N3CCC(F)(F)CC3)cc(N(CC(F)(F)F)C(=O)OC(C)(C)C)n2)n[nH]1.Cc1nc(SCc2cc(N3CCC(F)(F)CC3)cc(NCC(F)(F)F)n2)nn1C1CC1. The second-order valence-corrected chi connectivity index (χ2v) is 19.0. The van der Waals surface area contributed by atoms with E-state index in [1.807, 2.05) is 11.6 Å². The first-order valence-electron chi connectivity index (χ1n) is 20.9. The van der Waals surface area contributed by atoms with E-state index in [2.05, 4.69) is 40.5 Å². The molecule has 2 saturated heterocycles. The van der Waals surface area contributed by atoms with Crippen molar-refractivity contribution in [3.8, 4) is 0 Å². The smallest absolute Gasteiger partial charge is 0.416 e. The van der Waals surface area contributed by atoms with Crippen molar-refractivity contribution in [2.24, 2.45) is 0 Å². The quantitative estimate of drug-likeness (QED) is 0.0969. The fraction of sp³-hybridized carbons (Fsp3) is 0.625.